The number of carbonyl (C=O) groups excluding carboxylic acids is 1. The van der Waals surface area contributed by atoms with Crippen LogP contribution in [0.15, 0.2) is 22.7 Å². The van der Waals surface area contributed by atoms with Crippen molar-refractivity contribution in [2.24, 2.45) is 0 Å². The molecule has 4 heteroatoms. The van der Waals surface area contributed by atoms with Gasteiger partial charge in [-0.2, -0.15) is 5.26 Å². The van der Waals surface area contributed by atoms with Crippen LogP contribution < -0.4 is 5.32 Å². The number of halogens is 1. The third-order valence-corrected chi connectivity index (χ3v) is 2.51. The van der Waals surface area contributed by atoms with Gasteiger partial charge in [-0.3, -0.25) is 4.79 Å². The van der Waals surface area contributed by atoms with Gasteiger partial charge in [0.05, 0.1) is 17.3 Å². The molecular weight excluding hydrogens is 256 g/mol. The molecule has 0 atom stereocenters. The number of hydrogen-bond donors (Lipinski definition) is 1. The summed E-state index contributed by atoms with van der Waals surface area (Å²) in [6.45, 7) is 1.95. The van der Waals surface area contributed by atoms with E-state index < -0.39 is 0 Å². The second-order valence-electron chi connectivity index (χ2n) is 3.10. The number of carbonyl (C=O) groups is 1. The van der Waals surface area contributed by atoms with Crippen molar-refractivity contribution in [3.63, 3.8) is 0 Å². The molecule has 0 unspecified atom stereocenters. The summed E-state index contributed by atoms with van der Waals surface area (Å²) >= 11 is 3.30. The van der Waals surface area contributed by atoms with E-state index in [9.17, 15) is 4.79 Å². The maximum absolute atomic E-state index is 11.3. The number of amides is 1. The summed E-state index contributed by atoms with van der Waals surface area (Å²) < 4.78 is 0.728. The second kappa shape index (κ2) is 5.52. The first-order valence-corrected chi connectivity index (χ1v) is 5.46. The Labute approximate surface area is 97.2 Å². The van der Waals surface area contributed by atoms with E-state index in [1.54, 1.807) is 18.2 Å². The lowest BCUT2D eigenvalue weighted by Crippen LogP contribution is -2.10. The molecular formula is C11H11BrN2O. The van der Waals surface area contributed by atoms with Crippen molar-refractivity contribution >= 4 is 27.5 Å². The number of rotatable bonds is 3. The average Bonchev–Trinajstić information content (AvgIpc) is 2.21. The predicted molar refractivity (Wildman–Crippen MR) is 62.4 cm³/mol. The van der Waals surface area contributed by atoms with Crippen LogP contribution in [0.1, 0.15) is 25.3 Å². The summed E-state index contributed by atoms with van der Waals surface area (Å²) in [5.41, 5.74) is 1.27. The van der Waals surface area contributed by atoms with E-state index >= 15 is 0 Å². The number of nitriles is 1. The van der Waals surface area contributed by atoms with Gasteiger partial charge in [0.2, 0.25) is 5.91 Å². The van der Waals surface area contributed by atoms with Gasteiger partial charge in [-0.25, -0.2) is 0 Å². The lowest BCUT2D eigenvalue weighted by Gasteiger charge is -2.06. The first-order chi connectivity index (χ1) is 7.17. The van der Waals surface area contributed by atoms with E-state index in [4.69, 9.17) is 5.26 Å². The van der Waals surface area contributed by atoms with Crippen LogP contribution in [0.4, 0.5) is 5.69 Å². The van der Waals surface area contributed by atoms with Gasteiger partial charge in [0.15, 0.2) is 0 Å². The molecule has 1 rings (SSSR count). The van der Waals surface area contributed by atoms with Crippen molar-refractivity contribution in [3.8, 4) is 6.07 Å². The van der Waals surface area contributed by atoms with Crippen LogP contribution in [0.5, 0.6) is 0 Å². The van der Waals surface area contributed by atoms with E-state index in [-0.39, 0.29) is 5.91 Å². The molecule has 0 heterocycles. The minimum absolute atomic E-state index is 0.0112. The molecule has 0 bridgehead atoms. The van der Waals surface area contributed by atoms with E-state index in [0.717, 1.165) is 10.9 Å². The molecule has 0 fully saturated rings. The predicted octanol–water partition coefficient (Wildman–Crippen LogP) is 3.06. The third kappa shape index (κ3) is 3.37. The molecule has 3 nitrogen and oxygen atoms in total. The number of nitrogens with one attached hydrogen (secondary N) is 1. The van der Waals surface area contributed by atoms with Crippen molar-refractivity contribution in [2.45, 2.75) is 19.8 Å². The zero-order valence-electron chi connectivity index (χ0n) is 8.38. The van der Waals surface area contributed by atoms with Crippen molar-refractivity contribution in [2.75, 3.05) is 5.32 Å². The fraction of sp³-hybridized carbons (Fsp3) is 0.273. The highest BCUT2D eigenvalue weighted by molar-refractivity contribution is 9.10. The molecule has 0 aromatic heterocycles. The molecule has 0 radical (unpaired) electrons. The van der Waals surface area contributed by atoms with Gasteiger partial charge in [0, 0.05) is 10.9 Å². The molecule has 0 aliphatic heterocycles. The van der Waals surface area contributed by atoms with Crippen LogP contribution in [0.3, 0.4) is 0 Å². The highest BCUT2D eigenvalue weighted by atomic mass is 79.9. The van der Waals surface area contributed by atoms with Crippen LogP contribution in [0.25, 0.3) is 0 Å². The Morgan fingerprint density at radius 3 is 2.87 bits per heavy atom. The summed E-state index contributed by atoms with van der Waals surface area (Å²) in [7, 11) is 0. The van der Waals surface area contributed by atoms with Gasteiger partial charge in [0.1, 0.15) is 0 Å². The van der Waals surface area contributed by atoms with Crippen molar-refractivity contribution in [3.05, 3.63) is 28.2 Å². The fourth-order valence-electron chi connectivity index (χ4n) is 1.13. The molecule has 0 aliphatic rings. The zero-order chi connectivity index (χ0) is 11.3. The van der Waals surface area contributed by atoms with Gasteiger partial charge in [0.25, 0.3) is 0 Å². The smallest absolute Gasteiger partial charge is 0.224 e. The molecule has 78 valence electrons. The molecule has 1 aromatic carbocycles. The van der Waals surface area contributed by atoms with Gasteiger partial charge < -0.3 is 5.32 Å². The van der Waals surface area contributed by atoms with Crippen molar-refractivity contribution in [1.82, 2.24) is 0 Å². The maximum atomic E-state index is 11.3. The minimum atomic E-state index is -0.0112. The Balaban J connectivity index is 2.79. The fourth-order valence-corrected chi connectivity index (χ4v) is 1.60. The summed E-state index contributed by atoms with van der Waals surface area (Å²) in [4.78, 5) is 11.3. The van der Waals surface area contributed by atoms with E-state index in [0.29, 0.717) is 17.7 Å². The Bertz CT molecular complexity index is 410. The summed E-state index contributed by atoms with van der Waals surface area (Å²) in [5.74, 6) is -0.0112. The average molecular weight is 267 g/mol. The lowest BCUT2D eigenvalue weighted by atomic mass is 10.2. The normalized spacial score (nSPS) is 9.40. The third-order valence-electron chi connectivity index (χ3n) is 1.85. The number of benzene rings is 1. The maximum Gasteiger partial charge on any atom is 0.224 e. The van der Waals surface area contributed by atoms with Crippen molar-refractivity contribution < 1.29 is 4.79 Å². The van der Waals surface area contributed by atoms with Crippen LogP contribution >= 0.6 is 15.9 Å². The lowest BCUT2D eigenvalue weighted by molar-refractivity contribution is -0.116. The zero-order valence-corrected chi connectivity index (χ0v) is 9.97. The Morgan fingerprint density at radius 1 is 1.60 bits per heavy atom. The van der Waals surface area contributed by atoms with Crippen molar-refractivity contribution in [1.29, 1.82) is 5.26 Å². The van der Waals surface area contributed by atoms with E-state index in [2.05, 4.69) is 21.2 Å². The quantitative estimate of drug-likeness (QED) is 0.914. The topological polar surface area (TPSA) is 52.9 Å². The minimum Gasteiger partial charge on any atom is -0.325 e. The molecule has 0 saturated carbocycles. The molecule has 1 N–H and O–H groups in total. The van der Waals surface area contributed by atoms with Crippen LogP contribution in [-0.2, 0) is 4.79 Å². The first kappa shape index (κ1) is 11.7. The summed E-state index contributed by atoms with van der Waals surface area (Å²) in [6.07, 6.45) is 1.33. The first-order valence-electron chi connectivity index (χ1n) is 4.67. The molecule has 0 spiro atoms. The molecule has 1 amide bonds. The molecule has 15 heavy (non-hydrogen) atoms. The highest BCUT2D eigenvalue weighted by Gasteiger charge is 2.04. The SMILES string of the molecule is CCCC(=O)Nc1ccc(C#N)cc1Br. The molecule has 0 aliphatic carbocycles. The van der Waals surface area contributed by atoms with Gasteiger partial charge in [-0.1, -0.05) is 6.92 Å². The Hall–Kier alpha value is -1.34. The molecule has 0 saturated heterocycles. The number of anilines is 1. The van der Waals surface area contributed by atoms with Gasteiger partial charge in [-0.15, -0.1) is 0 Å². The highest BCUT2D eigenvalue weighted by Crippen LogP contribution is 2.23. The molecule has 1 aromatic rings. The van der Waals surface area contributed by atoms with Crippen LogP contribution in [-0.4, -0.2) is 5.91 Å². The Morgan fingerprint density at radius 2 is 2.33 bits per heavy atom. The Kier molecular flexibility index (Phi) is 4.32. The van der Waals surface area contributed by atoms with Gasteiger partial charge in [-0.05, 0) is 40.5 Å². The summed E-state index contributed by atoms with van der Waals surface area (Å²) in [5, 5.41) is 11.4. The standard InChI is InChI=1S/C11H11BrN2O/c1-2-3-11(15)14-10-5-4-8(7-13)6-9(10)12/h4-6H,2-3H2,1H3,(H,14,15). The monoisotopic (exact) mass is 266 g/mol. The largest absolute Gasteiger partial charge is 0.325 e. The summed E-state index contributed by atoms with van der Waals surface area (Å²) in [6, 6.07) is 7.10. The number of nitrogens with zero attached hydrogens (tertiary/aromatic N) is 1. The number of hydrogen-bond acceptors (Lipinski definition) is 2. The van der Waals surface area contributed by atoms with Crippen LogP contribution in [0, 0.1) is 11.3 Å². The van der Waals surface area contributed by atoms with E-state index in [1.165, 1.54) is 0 Å². The van der Waals surface area contributed by atoms with Gasteiger partial charge >= 0.3 is 0 Å². The second-order valence-corrected chi connectivity index (χ2v) is 3.96. The van der Waals surface area contributed by atoms with E-state index in [1.807, 2.05) is 13.0 Å². The van der Waals surface area contributed by atoms with Crippen LogP contribution in [0.2, 0.25) is 0 Å².